The fourth-order valence-electron chi connectivity index (χ4n) is 12.3. The molecule has 0 radical (unpaired) electrons. The summed E-state index contributed by atoms with van der Waals surface area (Å²) in [6.45, 7) is 8.00. The third-order valence-corrected chi connectivity index (χ3v) is 16.8. The standard InChI is InChI=1S/C39H32O4.C33H30O4.5CH4/c1-4-38(2,40)23-42-27-16-18-29-25(22-27)14-20-35-37(29)39(32-11-7-5-9-30(32)31-10-6-8-12-33(31)39)36-28-17-15-26(41-3)21-24(28)13-19-34(36)43-35;1-4-33(2,34)20-36-25-13-15-27-23(19-25)11-17-29-32(27)30(21-8-6-5-7-9-21)31-26-14-12-24(35-3)18-22(26)10-16-28(31)37-29;;;;;/h5-22,40H,4,23H2,1-3H3;5-19,30,34H,4,20H2,1-3H3;5*1H4. The summed E-state index contributed by atoms with van der Waals surface area (Å²) in [4.78, 5) is 0. The first-order chi connectivity index (χ1) is 38.9. The Balaban J connectivity index is 0.000000211. The van der Waals surface area contributed by atoms with Crippen LogP contribution < -0.4 is 28.4 Å². The van der Waals surface area contributed by atoms with Gasteiger partial charge in [-0.1, -0.05) is 178 Å². The Kier molecular flexibility index (Phi) is 17.9. The summed E-state index contributed by atoms with van der Waals surface area (Å²) in [7, 11) is 3.40. The van der Waals surface area contributed by atoms with Crippen LogP contribution in [0.25, 0.3) is 54.2 Å². The number of ether oxygens (including phenoxy) is 6. The summed E-state index contributed by atoms with van der Waals surface area (Å²) in [5.41, 5.74) is 8.41. The van der Waals surface area contributed by atoms with Crippen molar-refractivity contribution in [3.63, 3.8) is 0 Å². The monoisotopic (exact) mass is 1130 g/mol. The number of hydrogen-bond donors (Lipinski definition) is 2. The molecule has 3 unspecified atom stereocenters. The van der Waals surface area contributed by atoms with Crippen molar-refractivity contribution in [2.45, 2.75) is 100 Å². The summed E-state index contributed by atoms with van der Waals surface area (Å²) in [5, 5.41) is 29.8. The molecule has 0 amide bonds. The molecule has 3 aliphatic rings. The molecule has 85 heavy (non-hydrogen) atoms. The van der Waals surface area contributed by atoms with Crippen LogP contribution in [0.3, 0.4) is 0 Å². The fourth-order valence-corrected chi connectivity index (χ4v) is 12.3. The van der Waals surface area contributed by atoms with Crippen LogP contribution in [-0.4, -0.2) is 48.8 Å². The van der Waals surface area contributed by atoms with Crippen LogP contribution >= 0.6 is 0 Å². The second-order valence-corrected chi connectivity index (χ2v) is 21.9. The average molecular weight is 1140 g/mol. The SMILES string of the molecule is C.C.C.C.C.CCC(C)(O)COc1ccc2c3c(ccc2c1)Oc1ccc2cc(OC)ccc2c1C31c2ccccc2-c2ccccc21.CCC(C)(O)COc1ccc2c3c(ccc2c1)Oc1ccc2cc(OC)ccc2c1C3c1ccccc1. The molecule has 0 saturated heterocycles. The first-order valence-corrected chi connectivity index (χ1v) is 27.6. The van der Waals surface area contributed by atoms with Crippen molar-refractivity contribution in [1.82, 2.24) is 0 Å². The maximum atomic E-state index is 10.5. The second kappa shape index (κ2) is 24.4. The molecule has 0 bridgehead atoms. The van der Waals surface area contributed by atoms with Gasteiger partial charge in [0.15, 0.2) is 0 Å². The van der Waals surface area contributed by atoms with E-state index in [1.165, 1.54) is 27.8 Å². The highest BCUT2D eigenvalue weighted by molar-refractivity contribution is 6.03. The first kappa shape index (κ1) is 62.2. The third-order valence-electron chi connectivity index (χ3n) is 16.8. The lowest BCUT2D eigenvalue weighted by Gasteiger charge is -2.41. The lowest BCUT2D eigenvalue weighted by molar-refractivity contribution is 0.00828. The lowest BCUT2D eigenvalue weighted by Crippen LogP contribution is -2.33. The molecule has 438 valence electrons. The van der Waals surface area contributed by atoms with Gasteiger partial charge in [0.1, 0.15) is 59.2 Å². The minimum absolute atomic E-state index is 0. The van der Waals surface area contributed by atoms with Crippen LogP contribution in [0.5, 0.6) is 46.0 Å². The molecule has 3 atom stereocenters. The molecule has 0 fully saturated rings. The van der Waals surface area contributed by atoms with Crippen LogP contribution in [0, 0.1) is 0 Å². The molecule has 2 heterocycles. The molecule has 2 N–H and O–H groups in total. The number of methoxy groups -OCH3 is 2. The van der Waals surface area contributed by atoms with Gasteiger partial charge in [-0.3, -0.25) is 0 Å². The van der Waals surface area contributed by atoms with E-state index in [1.54, 1.807) is 28.1 Å². The molecule has 8 nitrogen and oxygen atoms in total. The van der Waals surface area contributed by atoms with E-state index >= 15 is 0 Å². The zero-order chi connectivity index (χ0) is 54.9. The van der Waals surface area contributed by atoms with Gasteiger partial charge in [-0.15, -0.1) is 0 Å². The fraction of sp³-hybridized carbons (Fsp3) is 0.247. The Labute approximate surface area is 503 Å². The predicted molar refractivity (Wildman–Crippen MR) is 354 cm³/mol. The second-order valence-electron chi connectivity index (χ2n) is 21.9. The number of fused-ring (bicyclic) bond motifs is 19. The number of rotatable bonds is 11. The Morgan fingerprint density at radius 1 is 0.412 bits per heavy atom. The highest BCUT2D eigenvalue weighted by atomic mass is 16.5. The molecule has 14 rings (SSSR count). The third kappa shape index (κ3) is 10.6. The Morgan fingerprint density at radius 3 is 1.19 bits per heavy atom. The molecule has 1 aliphatic carbocycles. The molecule has 11 aromatic rings. The van der Waals surface area contributed by atoms with Crippen molar-refractivity contribution in [3.8, 4) is 57.1 Å². The topological polar surface area (TPSA) is 95.8 Å². The van der Waals surface area contributed by atoms with Gasteiger partial charge < -0.3 is 38.6 Å². The zero-order valence-corrected chi connectivity index (χ0v) is 45.8. The van der Waals surface area contributed by atoms with Crippen LogP contribution in [-0.2, 0) is 5.41 Å². The van der Waals surface area contributed by atoms with Crippen molar-refractivity contribution < 1.29 is 38.6 Å². The van der Waals surface area contributed by atoms with E-state index in [0.717, 1.165) is 111 Å². The smallest absolute Gasteiger partial charge is 0.132 e. The molecule has 11 aromatic carbocycles. The maximum Gasteiger partial charge on any atom is 0.132 e. The van der Waals surface area contributed by atoms with Gasteiger partial charge in [-0.05, 0) is 170 Å². The van der Waals surface area contributed by atoms with E-state index in [-0.39, 0.29) is 56.3 Å². The number of aliphatic hydroxyl groups is 2. The summed E-state index contributed by atoms with van der Waals surface area (Å²) in [6, 6.07) is 69.8. The van der Waals surface area contributed by atoms with Crippen molar-refractivity contribution in [3.05, 3.63) is 239 Å². The van der Waals surface area contributed by atoms with E-state index in [1.807, 2.05) is 44.2 Å². The quantitative estimate of drug-likeness (QED) is 0.132. The van der Waals surface area contributed by atoms with Crippen LogP contribution in [0.4, 0.5) is 0 Å². The Morgan fingerprint density at radius 2 is 0.765 bits per heavy atom. The van der Waals surface area contributed by atoms with Gasteiger partial charge in [0.2, 0.25) is 0 Å². The zero-order valence-electron chi connectivity index (χ0n) is 45.8. The number of hydrogen-bond acceptors (Lipinski definition) is 8. The molecular weight excluding hydrogens is 1050 g/mol. The van der Waals surface area contributed by atoms with Gasteiger partial charge in [-0.25, -0.2) is 0 Å². The van der Waals surface area contributed by atoms with Crippen LogP contribution in [0.1, 0.15) is 123 Å². The highest BCUT2D eigenvalue weighted by Crippen LogP contribution is 2.65. The van der Waals surface area contributed by atoms with Crippen molar-refractivity contribution in [2.24, 2.45) is 0 Å². The first-order valence-electron chi connectivity index (χ1n) is 27.6. The summed E-state index contributed by atoms with van der Waals surface area (Å²) < 4.78 is 36.5. The van der Waals surface area contributed by atoms with Crippen LogP contribution in [0.15, 0.2) is 200 Å². The van der Waals surface area contributed by atoms with Gasteiger partial charge in [0, 0.05) is 28.2 Å². The van der Waals surface area contributed by atoms with Gasteiger partial charge >= 0.3 is 0 Å². The van der Waals surface area contributed by atoms with Gasteiger partial charge in [-0.2, -0.15) is 0 Å². The Hall–Kier alpha value is -8.82. The summed E-state index contributed by atoms with van der Waals surface area (Å²) in [6.07, 6.45) is 1.25. The average Bonchev–Trinajstić information content (AvgIpc) is 1.62. The lowest BCUT2D eigenvalue weighted by atomic mass is 9.64. The van der Waals surface area contributed by atoms with Crippen molar-refractivity contribution in [1.29, 1.82) is 0 Å². The van der Waals surface area contributed by atoms with Gasteiger partial charge in [0.05, 0.1) is 30.8 Å². The van der Waals surface area contributed by atoms with E-state index in [0.29, 0.717) is 12.8 Å². The normalized spacial score (nSPS) is 14.7. The van der Waals surface area contributed by atoms with E-state index in [9.17, 15) is 10.2 Å². The van der Waals surface area contributed by atoms with Crippen molar-refractivity contribution >= 4 is 43.1 Å². The molecule has 2 aliphatic heterocycles. The van der Waals surface area contributed by atoms with E-state index in [4.69, 9.17) is 28.4 Å². The van der Waals surface area contributed by atoms with E-state index in [2.05, 4.69) is 170 Å². The van der Waals surface area contributed by atoms with Crippen molar-refractivity contribution in [2.75, 3.05) is 27.4 Å². The molecule has 8 heteroatoms. The number of benzene rings is 11. The van der Waals surface area contributed by atoms with Gasteiger partial charge in [0.25, 0.3) is 0 Å². The summed E-state index contributed by atoms with van der Waals surface area (Å²) >= 11 is 0. The predicted octanol–water partition coefficient (Wildman–Crippen LogP) is 20.0. The maximum absolute atomic E-state index is 10.5. The summed E-state index contributed by atoms with van der Waals surface area (Å²) in [5.74, 6) is 6.58. The largest absolute Gasteiger partial charge is 0.497 e. The van der Waals surface area contributed by atoms with Crippen LogP contribution in [0.2, 0.25) is 0 Å². The molecular formula is C77H82O8. The Bertz CT molecular complexity index is 4170. The van der Waals surface area contributed by atoms with E-state index < -0.39 is 16.6 Å². The minimum Gasteiger partial charge on any atom is -0.497 e. The molecule has 0 saturated carbocycles. The molecule has 1 spiro atoms. The highest BCUT2D eigenvalue weighted by Gasteiger charge is 2.52. The molecule has 0 aromatic heterocycles. The minimum atomic E-state index is -0.882.